The Hall–Kier alpha value is -1.65. The predicted octanol–water partition coefficient (Wildman–Crippen LogP) is 2.17. The highest BCUT2D eigenvalue weighted by atomic mass is 16.5. The standard InChI is InChI=1S/C16H21N3O/c1-2-5-15(6-3-1)11-18-8-4-10-20-16(12-18)13-19-9-7-17-14-19/h1-3,5-7,9,14,16H,4,8,10-13H2. The van der Waals surface area contributed by atoms with Crippen LogP contribution < -0.4 is 0 Å². The molecular weight excluding hydrogens is 250 g/mol. The molecule has 0 bridgehead atoms. The Bertz CT molecular complexity index is 498. The van der Waals surface area contributed by atoms with E-state index in [0.29, 0.717) is 0 Å². The molecule has 0 spiro atoms. The summed E-state index contributed by atoms with van der Waals surface area (Å²) >= 11 is 0. The molecule has 4 nitrogen and oxygen atoms in total. The molecule has 1 fully saturated rings. The van der Waals surface area contributed by atoms with E-state index in [1.165, 1.54) is 5.56 Å². The van der Waals surface area contributed by atoms with Crippen LogP contribution in [0.4, 0.5) is 0 Å². The van der Waals surface area contributed by atoms with Crippen LogP contribution in [0.3, 0.4) is 0 Å². The molecule has 2 heterocycles. The van der Waals surface area contributed by atoms with Crippen molar-refractivity contribution in [2.45, 2.75) is 25.6 Å². The second-order valence-corrected chi connectivity index (χ2v) is 5.33. The van der Waals surface area contributed by atoms with Gasteiger partial charge in [-0.05, 0) is 12.0 Å². The molecule has 0 N–H and O–H groups in total. The molecule has 4 heteroatoms. The molecule has 1 saturated heterocycles. The Morgan fingerprint density at radius 3 is 2.95 bits per heavy atom. The molecule has 1 aromatic carbocycles. The average molecular weight is 271 g/mol. The van der Waals surface area contributed by atoms with E-state index in [9.17, 15) is 0 Å². The van der Waals surface area contributed by atoms with Gasteiger partial charge in [-0.25, -0.2) is 4.98 Å². The van der Waals surface area contributed by atoms with Gasteiger partial charge in [-0.2, -0.15) is 0 Å². The Morgan fingerprint density at radius 2 is 2.15 bits per heavy atom. The SMILES string of the molecule is c1ccc(CN2CCCOC(Cn3ccnc3)C2)cc1. The zero-order valence-electron chi connectivity index (χ0n) is 11.7. The van der Waals surface area contributed by atoms with Gasteiger partial charge >= 0.3 is 0 Å². The maximum atomic E-state index is 5.95. The molecule has 0 saturated carbocycles. The second-order valence-electron chi connectivity index (χ2n) is 5.33. The maximum Gasteiger partial charge on any atom is 0.0946 e. The zero-order chi connectivity index (χ0) is 13.6. The van der Waals surface area contributed by atoms with Crippen LogP contribution in [0.1, 0.15) is 12.0 Å². The molecule has 0 radical (unpaired) electrons. The van der Waals surface area contributed by atoms with E-state index >= 15 is 0 Å². The average Bonchev–Trinajstić information content (AvgIpc) is 2.87. The Morgan fingerprint density at radius 1 is 1.25 bits per heavy atom. The summed E-state index contributed by atoms with van der Waals surface area (Å²) in [5.74, 6) is 0. The second kappa shape index (κ2) is 6.68. The fraction of sp³-hybridized carbons (Fsp3) is 0.438. The van der Waals surface area contributed by atoms with Crippen LogP contribution in [0.2, 0.25) is 0 Å². The van der Waals surface area contributed by atoms with E-state index < -0.39 is 0 Å². The van der Waals surface area contributed by atoms with Crippen molar-refractivity contribution >= 4 is 0 Å². The lowest BCUT2D eigenvalue weighted by Gasteiger charge is -2.24. The van der Waals surface area contributed by atoms with Crippen molar-refractivity contribution in [3.8, 4) is 0 Å². The monoisotopic (exact) mass is 271 g/mol. The summed E-state index contributed by atoms with van der Waals surface area (Å²) in [6.45, 7) is 4.82. The number of rotatable bonds is 4. The number of nitrogens with zero attached hydrogens (tertiary/aromatic N) is 3. The molecule has 0 aliphatic carbocycles. The lowest BCUT2D eigenvalue weighted by Crippen LogP contribution is -2.33. The summed E-state index contributed by atoms with van der Waals surface area (Å²) in [6, 6.07) is 10.7. The van der Waals surface area contributed by atoms with Crippen molar-refractivity contribution in [3.63, 3.8) is 0 Å². The number of imidazole rings is 1. The molecule has 2 aromatic rings. The molecule has 1 aliphatic rings. The van der Waals surface area contributed by atoms with Crippen molar-refractivity contribution in [2.75, 3.05) is 19.7 Å². The van der Waals surface area contributed by atoms with E-state index in [2.05, 4.69) is 44.8 Å². The van der Waals surface area contributed by atoms with Gasteiger partial charge in [0.15, 0.2) is 0 Å². The molecule has 20 heavy (non-hydrogen) atoms. The first-order valence-corrected chi connectivity index (χ1v) is 7.24. The topological polar surface area (TPSA) is 30.3 Å². The Balaban J connectivity index is 1.60. The minimum atomic E-state index is 0.246. The minimum Gasteiger partial charge on any atom is -0.375 e. The van der Waals surface area contributed by atoms with Gasteiger partial charge in [0.2, 0.25) is 0 Å². The molecule has 1 unspecified atom stereocenters. The molecule has 1 aromatic heterocycles. The molecule has 3 rings (SSSR count). The number of benzene rings is 1. The van der Waals surface area contributed by atoms with Crippen LogP contribution >= 0.6 is 0 Å². The van der Waals surface area contributed by atoms with Crippen molar-refractivity contribution in [3.05, 3.63) is 54.6 Å². The largest absolute Gasteiger partial charge is 0.375 e. The first kappa shape index (κ1) is 13.3. The fourth-order valence-electron chi connectivity index (χ4n) is 2.70. The maximum absolute atomic E-state index is 5.95. The molecule has 1 atom stereocenters. The number of ether oxygens (including phenoxy) is 1. The Labute approximate surface area is 120 Å². The van der Waals surface area contributed by atoms with Crippen molar-refractivity contribution in [1.82, 2.24) is 14.5 Å². The minimum absolute atomic E-state index is 0.246. The van der Waals surface area contributed by atoms with Gasteiger partial charge < -0.3 is 9.30 Å². The van der Waals surface area contributed by atoms with E-state index in [0.717, 1.165) is 39.2 Å². The van der Waals surface area contributed by atoms with Gasteiger partial charge in [0.25, 0.3) is 0 Å². The van der Waals surface area contributed by atoms with Crippen LogP contribution in [-0.2, 0) is 17.8 Å². The smallest absolute Gasteiger partial charge is 0.0946 e. The first-order chi connectivity index (χ1) is 9.90. The highest BCUT2D eigenvalue weighted by Crippen LogP contribution is 2.12. The van der Waals surface area contributed by atoms with Crippen LogP contribution in [0.15, 0.2) is 49.1 Å². The number of aromatic nitrogens is 2. The normalized spacial score (nSPS) is 20.7. The van der Waals surface area contributed by atoms with Crippen molar-refractivity contribution in [2.24, 2.45) is 0 Å². The lowest BCUT2D eigenvalue weighted by atomic mass is 10.2. The van der Waals surface area contributed by atoms with Gasteiger partial charge in [-0.1, -0.05) is 30.3 Å². The number of hydrogen-bond acceptors (Lipinski definition) is 3. The van der Waals surface area contributed by atoms with E-state index in [4.69, 9.17) is 4.74 Å². The number of hydrogen-bond donors (Lipinski definition) is 0. The van der Waals surface area contributed by atoms with Gasteiger partial charge in [-0.15, -0.1) is 0 Å². The summed E-state index contributed by atoms with van der Waals surface area (Å²) in [7, 11) is 0. The van der Waals surface area contributed by atoms with Gasteiger partial charge in [-0.3, -0.25) is 4.90 Å². The third-order valence-corrected chi connectivity index (χ3v) is 3.66. The van der Waals surface area contributed by atoms with Crippen LogP contribution in [0, 0.1) is 0 Å². The van der Waals surface area contributed by atoms with Crippen LogP contribution in [0.25, 0.3) is 0 Å². The third-order valence-electron chi connectivity index (χ3n) is 3.66. The van der Waals surface area contributed by atoms with E-state index in [1.807, 2.05) is 18.7 Å². The Kier molecular flexibility index (Phi) is 4.46. The molecular formula is C16H21N3O. The van der Waals surface area contributed by atoms with Gasteiger partial charge in [0.05, 0.1) is 19.0 Å². The third kappa shape index (κ3) is 3.68. The summed E-state index contributed by atoms with van der Waals surface area (Å²) in [5, 5.41) is 0. The fourth-order valence-corrected chi connectivity index (χ4v) is 2.70. The van der Waals surface area contributed by atoms with E-state index in [-0.39, 0.29) is 6.10 Å². The van der Waals surface area contributed by atoms with Crippen molar-refractivity contribution in [1.29, 1.82) is 0 Å². The quantitative estimate of drug-likeness (QED) is 0.854. The summed E-state index contributed by atoms with van der Waals surface area (Å²) < 4.78 is 8.05. The van der Waals surface area contributed by atoms with E-state index in [1.54, 1.807) is 0 Å². The summed E-state index contributed by atoms with van der Waals surface area (Å²) in [6.07, 6.45) is 7.02. The van der Waals surface area contributed by atoms with Gasteiger partial charge in [0.1, 0.15) is 0 Å². The van der Waals surface area contributed by atoms with Crippen LogP contribution in [-0.4, -0.2) is 40.3 Å². The van der Waals surface area contributed by atoms with Crippen molar-refractivity contribution < 1.29 is 4.74 Å². The highest BCUT2D eigenvalue weighted by Gasteiger charge is 2.19. The summed E-state index contributed by atoms with van der Waals surface area (Å²) in [4.78, 5) is 6.58. The molecule has 1 aliphatic heterocycles. The predicted molar refractivity (Wildman–Crippen MR) is 78.3 cm³/mol. The first-order valence-electron chi connectivity index (χ1n) is 7.24. The van der Waals surface area contributed by atoms with Gasteiger partial charge in [0, 0.05) is 38.6 Å². The van der Waals surface area contributed by atoms with Crippen LogP contribution in [0.5, 0.6) is 0 Å². The summed E-state index contributed by atoms with van der Waals surface area (Å²) in [5.41, 5.74) is 1.37. The molecule has 106 valence electrons. The lowest BCUT2D eigenvalue weighted by molar-refractivity contribution is 0.0415. The zero-order valence-corrected chi connectivity index (χ0v) is 11.7. The highest BCUT2D eigenvalue weighted by molar-refractivity contribution is 5.14. The molecule has 0 amide bonds.